The van der Waals surface area contributed by atoms with Crippen LogP contribution in [0.3, 0.4) is 0 Å². The minimum atomic E-state index is -0.853. The van der Waals surface area contributed by atoms with Gasteiger partial charge in [-0.15, -0.1) is 4.99 Å². The minimum Gasteiger partial charge on any atom is -0.444 e. The molecule has 2 unspecified atom stereocenters. The van der Waals surface area contributed by atoms with Crippen molar-refractivity contribution in [2.75, 3.05) is 19.7 Å². The summed E-state index contributed by atoms with van der Waals surface area (Å²) in [5, 5.41) is 15.2. The minimum absolute atomic E-state index is 0.0199. The molecule has 222 valence electrons. The van der Waals surface area contributed by atoms with Crippen molar-refractivity contribution in [2.24, 2.45) is 10.9 Å². The number of likely N-dealkylation sites (tertiary alicyclic amines) is 1. The SMILES string of the molecule is CC(C)(C)OC(=O)NC(CO)CC1CCCN(C(=NC(=O)OCc2ccccc2)NC(=O)OCc2ccccc2)C1. The Morgan fingerprint density at radius 2 is 1.59 bits per heavy atom. The summed E-state index contributed by atoms with van der Waals surface area (Å²) >= 11 is 0. The first-order valence-corrected chi connectivity index (χ1v) is 13.7. The Kier molecular flexibility index (Phi) is 12.0. The van der Waals surface area contributed by atoms with Crippen LogP contribution in [-0.4, -0.2) is 65.6 Å². The maximum absolute atomic E-state index is 12.7. The standard InChI is InChI=1S/C30H40N4O7/c1-30(2,3)41-29(38)31-25(19-35)17-24-15-10-16-34(18-24)26(32-27(36)39-20-22-11-6-4-7-12-22)33-28(37)40-21-23-13-8-5-9-14-23/h4-9,11-14,24-25,35H,10,15-21H2,1-3H3,(H,31,38)(H,32,33,36,37). The van der Waals surface area contributed by atoms with Crippen LogP contribution in [0, 0.1) is 5.92 Å². The Morgan fingerprint density at radius 1 is 0.976 bits per heavy atom. The summed E-state index contributed by atoms with van der Waals surface area (Å²) in [4.78, 5) is 43.4. The van der Waals surface area contributed by atoms with Gasteiger partial charge >= 0.3 is 18.3 Å². The van der Waals surface area contributed by atoms with Gasteiger partial charge in [-0.2, -0.15) is 0 Å². The van der Waals surface area contributed by atoms with Crippen LogP contribution in [0.15, 0.2) is 65.7 Å². The second kappa shape index (κ2) is 15.6. The van der Waals surface area contributed by atoms with Gasteiger partial charge in [0.1, 0.15) is 18.8 Å². The number of aliphatic hydroxyl groups excluding tert-OH is 1. The first kappa shape index (κ1) is 31.4. The van der Waals surface area contributed by atoms with Gasteiger partial charge < -0.3 is 29.5 Å². The van der Waals surface area contributed by atoms with Gasteiger partial charge in [-0.1, -0.05) is 60.7 Å². The van der Waals surface area contributed by atoms with Crippen LogP contribution < -0.4 is 10.6 Å². The van der Waals surface area contributed by atoms with Gasteiger partial charge in [-0.3, -0.25) is 5.32 Å². The molecule has 11 heteroatoms. The number of ether oxygens (including phenoxy) is 3. The van der Waals surface area contributed by atoms with Crippen LogP contribution in [0.5, 0.6) is 0 Å². The normalized spacial score (nSPS) is 16.3. The fourth-order valence-electron chi connectivity index (χ4n) is 4.37. The van der Waals surface area contributed by atoms with Gasteiger partial charge in [-0.05, 0) is 57.1 Å². The predicted octanol–water partition coefficient (Wildman–Crippen LogP) is 4.59. The van der Waals surface area contributed by atoms with Gasteiger partial charge in [0.05, 0.1) is 12.6 Å². The second-order valence-electron chi connectivity index (χ2n) is 10.9. The molecule has 0 saturated carbocycles. The van der Waals surface area contributed by atoms with E-state index in [-0.39, 0.29) is 31.7 Å². The topological polar surface area (TPSA) is 139 Å². The molecule has 3 N–H and O–H groups in total. The van der Waals surface area contributed by atoms with Crippen LogP contribution >= 0.6 is 0 Å². The zero-order chi connectivity index (χ0) is 29.7. The number of guanidine groups is 1. The third-order valence-corrected chi connectivity index (χ3v) is 6.21. The van der Waals surface area contributed by atoms with E-state index < -0.39 is 29.9 Å². The van der Waals surface area contributed by atoms with Gasteiger partial charge in [0.2, 0.25) is 5.96 Å². The molecule has 11 nitrogen and oxygen atoms in total. The lowest BCUT2D eigenvalue weighted by molar-refractivity contribution is 0.0466. The van der Waals surface area contributed by atoms with Crippen molar-refractivity contribution in [2.45, 2.75) is 64.9 Å². The molecule has 1 fully saturated rings. The average Bonchev–Trinajstić information content (AvgIpc) is 2.94. The summed E-state index contributed by atoms with van der Waals surface area (Å²) in [5.41, 5.74) is 0.958. The number of amides is 3. The number of nitrogens with one attached hydrogen (secondary N) is 2. The number of aliphatic imine (C=N–C) groups is 1. The lowest BCUT2D eigenvalue weighted by Gasteiger charge is -2.35. The number of rotatable bonds is 8. The fraction of sp³-hybridized carbons (Fsp3) is 0.467. The molecular weight excluding hydrogens is 528 g/mol. The number of benzene rings is 2. The van der Waals surface area contributed by atoms with Crippen molar-refractivity contribution >= 4 is 24.2 Å². The fourth-order valence-corrected chi connectivity index (χ4v) is 4.37. The van der Waals surface area contributed by atoms with Crippen molar-refractivity contribution < 1.29 is 33.7 Å². The Hall–Kier alpha value is -4.12. The summed E-state index contributed by atoms with van der Waals surface area (Å²) in [6.07, 6.45) is -0.174. The molecule has 3 amide bonds. The van der Waals surface area contributed by atoms with Crippen molar-refractivity contribution in [1.29, 1.82) is 0 Å². The number of aliphatic hydroxyl groups is 1. The van der Waals surface area contributed by atoms with E-state index in [9.17, 15) is 19.5 Å². The lowest BCUT2D eigenvalue weighted by atomic mass is 9.91. The Balaban J connectivity index is 1.66. The summed E-state index contributed by atoms with van der Waals surface area (Å²) in [6.45, 7) is 6.09. The van der Waals surface area contributed by atoms with Crippen LogP contribution in [0.25, 0.3) is 0 Å². The van der Waals surface area contributed by atoms with Crippen molar-refractivity contribution in [3.8, 4) is 0 Å². The Morgan fingerprint density at radius 3 is 2.17 bits per heavy atom. The van der Waals surface area contributed by atoms with E-state index >= 15 is 0 Å². The number of hydrogen-bond donors (Lipinski definition) is 3. The highest BCUT2D eigenvalue weighted by Gasteiger charge is 2.28. The van der Waals surface area contributed by atoms with E-state index in [2.05, 4.69) is 15.6 Å². The summed E-state index contributed by atoms with van der Waals surface area (Å²) < 4.78 is 16.0. The van der Waals surface area contributed by atoms with Gasteiger partial charge in [0.25, 0.3) is 0 Å². The molecule has 1 aliphatic heterocycles. The van der Waals surface area contributed by atoms with E-state index in [0.717, 1.165) is 24.0 Å². The molecular formula is C30H40N4O7. The van der Waals surface area contributed by atoms with Gasteiger partial charge in [-0.25, -0.2) is 14.4 Å². The quantitative estimate of drug-likeness (QED) is 0.239. The van der Waals surface area contributed by atoms with Crippen LogP contribution in [0.4, 0.5) is 14.4 Å². The molecule has 1 saturated heterocycles. The monoisotopic (exact) mass is 568 g/mol. The molecule has 0 radical (unpaired) electrons. The Labute approximate surface area is 240 Å². The molecule has 1 heterocycles. The highest BCUT2D eigenvalue weighted by atomic mass is 16.6. The third-order valence-electron chi connectivity index (χ3n) is 6.21. The number of hydrogen-bond acceptors (Lipinski definition) is 7. The second-order valence-corrected chi connectivity index (χ2v) is 10.9. The number of carbonyl (C=O) groups excluding carboxylic acids is 3. The smallest absolute Gasteiger partial charge is 0.437 e. The van der Waals surface area contributed by atoms with Crippen molar-refractivity contribution in [3.63, 3.8) is 0 Å². The molecule has 2 aromatic rings. The van der Waals surface area contributed by atoms with E-state index in [1.807, 2.05) is 60.7 Å². The van der Waals surface area contributed by atoms with E-state index in [0.29, 0.717) is 19.5 Å². The number of alkyl carbamates (subject to hydrolysis) is 2. The predicted molar refractivity (Wildman–Crippen MR) is 153 cm³/mol. The average molecular weight is 569 g/mol. The van der Waals surface area contributed by atoms with Crippen LogP contribution in [0.2, 0.25) is 0 Å². The van der Waals surface area contributed by atoms with Crippen LogP contribution in [0.1, 0.15) is 51.2 Å². The summed E-state index contributed by atoms with van der Waals surface area (Å²) in [5.74, 6) is 0.0509. The Bertz CT molecular complexity index is 1150. The molecule has 2 aromatic carbocycles. The van der Waals surface area contributed by atoms with E-state index in [4.69, 9.17) is 14.2 Å². The van der Waals surface area contributed by atoms with E-state index in [1.165, 1.54) is 0 Å². The molecule has 0 aromatic heterocycles. The number of piperidine rings is 1. The molecule has 0 aliphatic carbocycles. The number of carbonyl (C=O) groups is 3. The summed E-state index contributed by atoms with van der Waals surface area (Å²) in [6, 6.07) is 17.9. The molecule has 41 heavy (non-hydrogen) atoms. The lowest BCUT2D eigenvalue weighted by Crippen LogP contribution is -2.50. The first-order valence-electron chi connectivity index (χ1n) is 13.7. The van der Waals surface area contributed by atoms with Crippen molar-refractivity contribution in [3.05, 3.63) is 71.8 Å². The zero-order valence-electron chi connectivity index (χ0n) is 23.9. The third kappa shape index (κ3) is 11.9. The molecule has 3 rings (SSSR count). The maximum Gasteiger partial charge on any atom is 0.437 e. The first-order chi connectivity index (χ1) is 19.6. The van der Waals surface area contributed by atoms with Gasteiger partial charge in [0.15, 0.2) is 0 Å². The van der Waals surface area contributed by atoms with Crippen LogP contribution in [-0.2, 0) is 27.4 Å². The van der Waals surface area contributed by atoms with Crippen molar-refractivity contribution in [1.82, 2.24) is 15.5 Å². The summed E-state index contributed by atoms with van der Waals surface area (Å²) in [7, 11) is 0. The van der Waals surface area contributed by atoms with Gasteiger partial charge in [0, 0.05) is 13.1 Å². The highest BCUT2D eigenvalue weighted by molar-refractivity contribution is 5.98. The maximum atomic E-state index is 12.7. The molecule has 0 bridgehead atoms. The number of nitrogens with zero attached hydrogens (tertiary/aromatic N) is 2. The zero-order valence-corrected chi connectivity index (χ0v) is 23.9. The van der Waals surface area contributed by atoms with E-state index in [1.54, 1.807) is 25.7 Å². The molecule has 1 aliphatic rings. The largest absolute Gasteiger partial charge is 0.444 e. The molecule has 0 spiro atoms. The molecule has 2 atom stereocenters. The highest BCUT2D eigenvalue weighted by Crippen LogP contribution is 2.22.